The van der Waals surface area contributed by atoms with Crippen LogP contribution in [0.1, 0.15) is 23.7 Å². The number of carboxylic acids is 1. The van der Waals surface area contributed by atoms with E-state index < -0.39 is 23.2 Å². The third kappa shape index (κ3) is 3.90. The van der Waals surface area contributed by atoms with Gasteiger partial charge in [0, 0.05) is 6.54 Å². The number of carbonyl (C=O) groups excluding carboxylic acids is 1. The van der Waals surface area contributed by atoms with Gasteiger partial charge in [-0.15, -0.1) is 0 Å². The van der Waals surface area contributed by atoms with Gasteiger partial charge in [0.2, 0.25) is 5.91 Å². The number of benzene rings is 1. The molecular formula is C12H14F2N2O3. The molecule has 0 heterocycles. The Balaban J connectivity index is 2.73. The van der Waals surface area contributed by atoms with Crippen molar-refractivity contribution in [2.24, 2.45) is 0 Å². The van der Waals surface area contributed by atoms with Crippen LogP contribution in [0.5, 0.6) is 0 Å². The molecule has 0 atom stereocenters. The van der Waals surface area contributed by atoms with Crippen molar-refractivity contribution in [3.63, 3.8) is 0 Å². The van der Waals surface area contributed by atoms with E-state index in [4.69, 9.17) is 5.11 Å². The number of carbonyl (C=O) groups is 2. The minimum absolute atomic E-state index is 0.219. The second kappa shape index (κ2) is 6.67. The normalized spacial score (nSPS) is 10.1. The Bertz CT molecular complexity index is 492. The van der Waals surface area contributed by atoms with E-state index in [0.29, 0.717) is 6.54 Å². The molecule has 1 aromatic rings. The lowest BCUT2D eigenvalue weighted by Gasteiger charge is -2.09. The summed E-state index contributed by atoms with van der Waals surface area (Å²) in [6.07, 6.45) is 0.766. The van der Waals surface area contributed by atoms with Crippen molar-refractivity contribution >= 4 is 17.6 Å². The number of aromatic carboxylic acids is 1. The highest BCUT2D eigenvalue weighted by Crippen LogP contribution is 2.20. The zero-order chi connectivity index (χ0) is 14.4. The van der Waals surface area contributed by atoms with E-state index in [0.717, 1.165) is 18.6 Å². The number of rotatable bonds is 6. The molecule has 0 unspecified atom stereocenters. The summed E-state index contributed by atoms with van der Waals surface area (Å²) >= 11 is 0. The lowest BCUT2D eigenvalue weighted by Crippen LogP contribution is -2.30. The molecule has 0 saturated heterocycles. The number of hydrogen-bond donors (Lipinski definition) is 3. The minimum atomic E-state index is -1.55. The van der Waals surface area contributed by atoms with E-state index in [1.807, 2.05) is 6.92 Å². The molecule has 0 spiro atoms. The third-order valence-corrected chi connectivity index (χ3v) is 2.32. The van der Waals surface area contributed by atoms with Crippen molar-refractivity contribution in [3.8, 4) is 0 Å². The van der Waals surface area contributed by atoms with Crippen LogP contribution in [-0.2, 0) is 4.79 Å². The monoisotopic (exact) mass is 272 g/mol. The average Bonchev–Trinajstić information content (AvgIpc) is 2.37. The van der Waals surface area contributed by atoms with Crippen LogP contribution in [0.2, 0.25) is 0 Å². The number of amides is 1. The summed E-state index contributed by atoms with van der Waals surface area (Å²) < 4.78 is 26.8. The van der Waals surface area contributed by atoms with Crippen LogP contribution in [0.25, 0.3) is 0 Å². The van der Waals surface area contributed by atoms with E-state index >= 15 is 0 Å². The summed E-state index contributed by atoms with van der Waals surface area (Å²) in [5.74, 6) is -4.68. The highest BCUT2D eigenvalue weighted by Gasteiger charge is 2.18. The molecule has 0 fully saturated rings. The fraction of sp³-hybridized carbons (Fsp3) is 0.333. The molecule has 7 heteroatoms. The Morgan fingerprint density at radius 1 is 1.26 bits per heavy atom. The molecule has 1 amide bonds. The summed E-state index contributed by atoms with van der Waals surface area (Å²) in [6.45, 7) is 2.16. The van der Waals surface area contributed by atoms with Crippen LogP contribution in [0, 0.1) is 11.6 Å². The fourth-order valence-corrected chi connectivity index (χ4v) is 1.35. The molecule has 104 valence electrons. The van der Waals surface area contributed by atoms with E-state index in [1.165, 1.54) is 0 Å². The second-order valence-electron chi connectivity index (χ2n) is 3.80. The van der Waals surface area contributed by atoms with Gasteiger partial charge in [-0.25, -0.2) is 13.6 Å². The number of nitrogens with one attached hydrogen (secondary N) is 2. The molecule has 0 aliphatic carbocycles. The van der Waals surface area contributed by atoms with Gasteiger partial charge in [0.25, 0.3) is 0 Å². The Labute approximate surface area is 108 Å². The Kier molecular flexibility index (Phi) is 5.23. The Morgan fingerprint density at radius 3 is 2.53 bits per heavy atom. The molecule has 0 bridgehead atoms. The highest BCUT2D eigenvalue weighted by molar-refractivity contribution is 5.88. The maximum Gasteiger partial charge on any atom is 0.338 e. The Hall–Kier alpha value is -2.18. The number of carboxylic acid groups (broad SMARTS) is 1. The summed E-state index contributed by atoms with van der Waals surface area (Å²) in [5, 5.41) is 13.6. The molecule has 3 N–H and O–H groups in total. The smallest absolute Gasteiger partial charge is 0.338 e. The molecule has 0 aliphatic heterocycles. The van der Waals surface area contributed by atoms with Crippen LogP contribution in [0.3, 0.4) is 0 Å². The van der Waals surface area contributed by atoms with Crippen molar-refractivity contribution in [1.82, 2.24) is 5.32 Å². The Morgan fingerprint density at radius 2 is 1.95 bits per heavy atom. The zero-order valence-electron chi connectivity index (χ0n) is 10.3. The van der Waals surface area contributed by atoms with E-state index in [1.54, 1.807) is 0 Å². The van der Waals surface area contributed by atoms with Crippen molar-refractivity contribution in [3.05, 3.63) is 29.3 Å². The van der Waals surface area contributed by atoms with Gasteiger partial charge in [-0.3, -0.25) is 4.79 Å². The molecule has 5 nitrogen and oxygen atoms in total. The summed E-state index contributed by atoms with van der Waals surface area (Å²) in [7, 11) is 0. The second-order valence-corrected chi connectivity index (χ2v) is 3.80. The van der Waals surface area contributed by atoms with Gasteiger partial charge in [0.1, 0.15) is 0 Å². The minimum Gasteiger partial charge on any atom is -0.478 e. The summed E-state index contributed by atoms with van der Waals surface area (Å²) in [4.78, 5) is 21.8. The largest absolute Gasteiger partial charge is 0.478 e. The average molecular weight is 272 g/mol. The molecule has 0 saturated carbocycles. The number of hydrogen-bond acceptors (Lipinski definition) is 3. The van der Waals surface area contributed by atoms with Gasteiger partial charge in [-0.05, 0) is 18.6 Å². The predicted molar refractivity (Wildman–Crippen MR) is 65.1 cm³/mol. The van der Waals surface area contributed by atoms with Crippen LogP contribution < -0.4 is 10.6 Å². The van der Waals surface area contributed by atoms with Gasteiger partial charge in [0.05, 0.1) is 17.8 Å². The molecule has 0 aromatic heterocycles. The first kappa shape index (κ1) is 14.9. The summed E-state index contributed by atoms with van der Waals surface area (Å²) in [6, 6.07) is 2.02. The first-order chi connectivity index (χ1) is 8.97. The van der Waals surface area contributed by atoms with Crippen molar-refractivity contribution in [2.45, 2.75) is 13.3 Å². The molecule has 1 aromatic carbocycles. The molecule has 0 aliphatic rings. The van der Waals surface area contributed by atoms with Crippen LogP contribution in [0.15, 0.2) is 12.1 Å². The molecule has 1 rings (SSSR count). The van der Waals surface area contributed by atoms with E-state index in [2.05, 4.69) is 10.6 Å². The van der Waals surface area contributed by atoms with E-state index in [9.17, 15) is 18.4 Å². The highest BCUT2D eigenvalue weighted by atomic mass is 19.2. The van der Waals surface area contributed by atoms with E-state index in [-0.39, 0.29) is 18.1 Å². The first-order valence-electron chi connectivity index (χ1n) is 5.69. The molecule has 0 radical (unpaired) electrons. The number of anilines is 1. The van der Waals surface area contributed by atoms with Gasteiger partial charge in [0.15, 0.2) is 11.6 Å². The maximum atomic E-state index is 13.5. The first-order valence-corrected chi connectivity index (χ1v) is 5.69. The third-order valence-electron chi connectivity index (χ3n) is 2.32. The van der Waals surface area contributed by atoms with Gasteiger partial charge in [-0.2, -0.15) is 0 Å². The van der Waals surface area contributed by atoms with Gasteiger partial charge < -0.3 is 15.7 Å². The fourth-order valence-electron chi connectivity index (χ4n) is 1.35. The standard InChI is InChI=1S/C12H14F2N2O3/c1-2-5-15-9(17)6-16-8-4-3-7(12(18)19)10(13)11(8)14/h3-4,16H,2,5-6H2,1H3,(H,15,17)(H,18,19). The predicted octanol–water partition coefficient (Wildman–Crippen LogP) is 1.60. The molecule has 19 heavy (non-hydrogen) atoms. The summed E-state index contributed by atoms with van der Waals surface area (Å²) in [5.41, 5.74) is -1.01. The van der Waals surface area contributed by atoms with Crippen molar-refractivity contribution in [2.75, 3.05) is 18.4 Å². The van der Waals surface area contributed by atoms with Crippen LogP contribution in [0.4, 0.5) is 14.5 Å². The topological polar surface area (TPSA) is 78.4 Å². The quantitative estimate of drug-likeness (QED) is 0.735. The zero-order valence-corrected chi connectivity index (χ0v) is 10.3. The molecular weight excluding hydrogens is 258 g/mol. The van der Waals surface area contributed by atoms with Crippen molar-refractivity contribution < 1.29 is 23.5 Å². The lowest BCUT2D eigenvalue weighted by molar-refractivity contribution is -0.119. The lowest BCUT2D eigenvalue weighted by atomic mass is 10.2. The maximum absolute atomic E-state index is 13.5. The van der Waals surface area contributed by atoms with Gasteiger partial charge >= 0.3 is 5.97 Å². The number of halogens is 2. The van der Waals surface area contributed by atoms with Crippen molar-refractivity contribution in [1.29, 1.82) is 0 Å². The van der Waals surface area contributed by atoms with Crippen LogP contribution >= 0.6 is 0 Å². The van der Waals surface area contributed by atoms with Crippen LogP contribution in [-0.4, -0.2) is 30.1 Å². The van der Waals surface area contributed by atoms with Gasteiger partial charge in [-0.1, -0.05) is 6.92 Å². The SMILES string of the molecule is CCCNC(=O)CNc1ccc(C(=O)O)c(F)c1F.